The highest BCUT2D eigenvalue weighted by atomic mass is 16.5. The molecule has 2 aromatic rings. The second kappa shape index (κ2) is 10.9. The van der Waals surface area contributed by atoms with Gasteiger partial charge in [0.1, 0.15) is 18.1 Å². The first-order valence-electron chi connectivity index (χ1n) is 8.91. The number of benzene rings is 2. The summed E-state index contributed by atoms with van der Waals surface area (Å²) in [5, 5.41) is 2.78. The first-order valence-corrected chi connectivity index (χ1v) is 8.91. The lowest BCUT2D eigenvalue weighted by atomic mass is 10.1. The van der Waals surface area contributed by atoms with E-state index in [1.54, 1.807) is 12.0 Å². The van der Waals surface area contributed by atoms with Gasteiger partial charge in [0, 0.05) is 13.5 Å². The molecule has 0 aliphatic rings. The lowest BCUT2D eigenvalue weighted by molar-refractivity contribution is -0.134. The first-order chi connectivity index (χ1) is 13.1. The van der Waals surface area contributed by atoms with Gasteiger partial charge in [0.25, 0.3) is 0 Å². The molecular formula is C21H26N2O4. The zero-order valence-corrected chi connectivity index (χ0v) is 15.8. The quantitative estimate of drug-likeness (QED) is 0.652. The average Bonchev–Trinajstić information content (AvgIpc) is 2.69. The molecule has 0 atom stereocenters. The van der Waals surface area contributed by atoms with Gasteiger partial charge in [0.2, 0.25) is 11.8 Å². The SMILES string of the molecule is COc1ccc(OCCNC(=O)CN(CCc2ccccc2)C(C)=O)cc1. The van der Waals surface area contributed by atoms with Crippen molar-refractivity contribution in [3.8, 4) is 11.5 Å². The van der Waals surface area contributed by atoms with Crippen LogP contribution in [-0.2, 0) is 16.0 Å². The van der Waals surface area contributed by atoms with Crippen LogP contribution in [0.3, 0.4) is 0 Å². The monoisotopic (exact) mass is 370 g/mol. The van der Waals surface area contributed by atoms with E-state index in [0.717, 1.165) is 11.3 Å². The molecule has 1 N–H and O–H groups in total. The Morgan fingerprint density at radius 3 is 2.30 bits per heavy atom. The standard InChI is InChI=1S/C21H26N2O4/c1-17(24)23(14-12-18-6-4-3-5-7-18)16-21(25)22-13-15-27-20-10-8-19(26-2)9-11-20/h3-11H,12-16H2,1-2H3,(H,22,25). The largest absolute Gasteiger partial charge is 0.497 e. The summed E-state index contributed by atoms with van der Waals surface area (Å²) in [6.07, 6.45) is 0.717. The smallest absolute Gasteiger partial charge is 0.239 e. The summed E-state index contributed by atoms with van der Waals surface area (Å²) in [6, 6.07) is 17.1. The fraction of sp³-hybridized carbons (Fsp3) is 0.333. The molecule has 0 heterocycles. The third-order valence-electron chi connectivity index (χ3n) is 4.05. The van der Waals surface area contributed by atoms with Crippen molar-refractivity contribution in [1.82, 2.24) is 10.2 Å². The molecule has 0 aromatic heterocycles. The average molecular weight is 370 g/mol. The number of nitrogens with one attached hydrogen (secondary N) is 1. The lowest BCUT2D eigenvalue weighted by Crippen LogP contribution is -2.41. The summed E-state index contributed by atoms with van der Waals surface area (Å²) in [6.45, 7) is 2.75. The van der Waals surface area contributed by atoms with Crippen LogP contribution < -0.4 is 14.8 Å². The van der Waals surface area contributed by atoms with Gasteiger partial charge in [-0.1, -0.05) is 30.3 Å². The summed E-state index contributed by atoms with van der Waals surface area (Å²) >= 11 is 0. The van der Waals surface area contributed by atoms with Crippen molar-refractivity contribution in [2.24, 2.45) is 0 Å². The highest BCUT2D eigenvalue weighted by molar-refractivity contribution is 5.83. The Labute approximate surface area is 160 Å². The van der Waals surface area contributed by atoms with Gasteiger partial charge in [0.15, 0.2) is 0 Å². The van der Waals surface area contributed by atoms with Gasteiger partial charge in [-0.3, -0.25) is 9.59 Å². The van der Waals surface area contributed by atoms with Crippen LogP contribution in [0.4, 0.5) is 0 Å². The van der Waals surface area contributed by atoms with Crippen molar-refractivity contribution in [3.63, 3.8) is 0 Å². The molecule has 0 aliphatic heterocycles. The van der Waals surface area contributed by atoms with E-state index in [-0.39, 0.29) is 18.4 Å². The maximum Gasteiger partial charge on any atom is 0.239 e. The molecule has 2 rings (SSSR count). The van der Waals surface area contributed by atoms with E-state index in [0.29, 0.717) is 31.9 Å². The Morgan fingerprint density at radius 2 is 1.67 bits per heavy atom. The number of ether oxygens (including phenoxy) is 2. The van der Waals surface area contributed by atoms with Gasteiger partial charge >= 0.3 is 0 Å². The van der Waals surface area contributed by atoms with Gasteiger partial charge in [-0.2, -0.15) is 0 Å². The second-order valence-electron chi connectivity index (χ2n) is 6.05. The van der Waals surface area contributed by atoms with Crippen molar-refractivity contribution < 1.29 is 19.1 Å². The molecule has 6 heteroatoms. The maximum absolute atomic E-state index is 12.1. The molecule has 0 bridgehead atoms. The molecule has 2 amide bonds. The number of carbonyl (C=O) groups is 2. The molecule has 0 aliphatic carbocycles. The summed E-state index contributed by atoms with van der Waals surface area (Å²) < 4.78 is 10.6. The minimum absolute atomic E-state index is 0.0463. The number of amides is 2. The Morgan fingerprint density at radius 1 is 1.00 bits per heavy atom. The van der Waals surface area contributed by atoms with Crippen LogP contribution in [-0.4, -0.2) is 50.1 Å². The molecule has 0 unspecified atom stereocenters. The van der Waals surface area contributed by atoms with Gasteiger partial charge < -0.3 is 19.7 Å². The Kier molecular flexibility index (Phi) is 8.16. The summed E-state index contributed by atoms with van der Waals surface area (Å²) in [4.78, 5) is 25.4. The van der Waals surface area contributed by atoms with Crippen molar-refractivity contribution >= 4 is 11.8 Å². The van der Waals surface area contributed by atoms with E-state index in [4.69, 9.17) is 9.47 Å². The van der Waals surface area contributed by atoms with E-state index in [1.807, 2.05) is 54.6 Å². The Hall–Kier alpha value is -3.02. The number of methoxy groups -OCH3 is 1. The third-order valence-corrected chi connectivity index (χ3v) is 4.05. The highest BCUT2D eigenvalue weighted by Crippen LogP contribution is 2.16. The lowest BCUT2D eigenvalue weighted by Gasteiger charge is -2.20. The Bertz CT molecular complexity index is 717. The fourth-order valence-electron chi connectivity index (χ4n) is 2.52. The van der Waals surface area contributed by atoms with Gasteiger partial charge in [-0.25, -0.2) is 0 Å². The maximum atomic E-state index is 12.1. The van der Waals surface area contributed by atoms with E-state index < -0.39 is 0 Å². The van der Waals surface area contributed by atoms with Crippen LogP contribution >= 0.6 is 0 Å². The van der Waals surface area contributed by atoms with Gasteiger partial charge in [0.05, 0.1) is 20.2 Å². The molecule has 0 saturated heterocycles. The highest BCUT2D eigenvalue weighted by Gasteiger charge is 2.13. The van der Waals surface area contributed by atoms with E-state index in [2.05, 4.69) is 5.32 Å². The van der Waals surface area contributed by atoms with Crippen LogP contribution in [0.1, 0.15) is 12.5 Å². The van der Waals surface area contributed by atoms with Gasteiger partial charge in [-0.15, -0.1) is 0 Å². The molecule has 2 aromatic carbocycles. The van der Waals surface area contributed by atoms with E-state index >= 15 is 0 Å². The molecular weight excluding hydrogens is 344 g/mol. The van der Waals surface area contributed by atoms with Crippen LogP contribution in [0.2, 0.25) is 0 Å². The van der Waals surface area contributed by atoms with Crippen LogP contribution in [0, 0.1) is 0 Å². The van der Waals surface area contributed by atoms with Crippen molar-refractivity contribution in [1.29, 1.82) is 0 Å². The molecule has 6 nitrogen and oxygen atoms in total. The summed E-state index contributed by atoms with van der Waals surface area (Å²) in [5.74, 6) is 1.15. The molecule has 0 spiro atoms. The van der Waals surface area contributed by atoms with Crippen LogP contribution in [0.25, 0.3) is 0 Å². The number of hydrogen-bond acceptors (Lipinski definition) is 4. The van der Waals surface area contributed by atoms with E-state index in [9.17, 15) is 9.59 Å². The zero-order valence-electron chi connectivity index (χ0n) is 15.8. The normalized spacial score (nSPS) is 10.1. The molecule has 0 fully saturated rings. The van der Waals surface area contributed by atoms with Crippen LogP contribution in [0.5, 0.6) is 11.5 Å². The number of carbonyl (C=O) groups excluding carboxylic acids is 2. The molecule has 27 heavy (non-hydrogen) atoms. The van der Waals surface area contributed by atoms with Crippen LogP contribution in [0.15, 0.2) is 54.6 Å². The second-order valence-corrected chi connectivity index (χ2v) is 6.05. The predicted molar refractivity (Wildman–Crippen MR) is 104 cm³/mol. The van der Waals surface area contributed by atoms with Gasteiger partial charge in [-0.05, 0) is 36.2 Å². The Balaban J connectivity index is 1.69. The summed E-state index contributed by atoms with van der Waals surface area (Å²) in [5.41, 5.74) is 1.14. The van der Waals surface area contributed by atoms with E-state index in [1.165, 1.54) is 6.92 Å². The van der Waals surface area contributed by atoms with Crippen molar-refractivity contribution in [3.05, 3.63) is 60.2 Å². The predicted octanol–water partition coefficient (Wildman–Crippen LogP) is 2.28. The molecule has 0 radical (unpaired) electrons. The zero-order chi connectivity index (χ0) is 19.5. The summed E-state index contributed by atoms with van der Waals surface area (Å²) in [7, 11) is 1.61. The molecule has 144 valence electrons. The third kappa shape index (κ3) is 7.40. The van der Waals surface area contributed by atoms with Crippen molar-refractivity contribution in [2.75, 3.05) is 33.4 Å². The number of rotatable bonds is 10. The molecule has 0 saturated carbocycles. The minimum Gasteiger partial charge on any atom is -0.497 e. The fourth-order valence-corrected chi connectivity index (χ4v) is 2.52. The topological polar surface area (TPSA) is 67.9 Å². The van der Waals surface area contributed by atoms with Crippen molar-refractivity contribution in [2.45, 2.75) is 13.3 Å². The first kappa shape index (κ1) is 20.3. The number of hydrogen-bond donors (Lipinski definition) is 1. The minimum atomic E-state index is -0.198. The number of nitrogens with zero attached hydrogens (tertiary/aromatic N) is 1.